The predicted octanol–water partition coefficient (Wildman–Crippen LogP) is 2.79. The summed E-state index contributed by atoms with van der Waals surface area (Å²) in [6.45, 7) is 6.51. The Hall–Kier alpha value is -1.50. The highest BCUT2D eigenvalue weighted by atomic mass is 32.2. The van der Waals surface area contributed by atoms with Crippen molar-refractivity contribution in [1.29, 1.82) is 0 Å². The summed E-state index contributed by atoms with van der Waals surface area (Å²) >= 11 is 0. The fourth-order valence-electron chi connectivity index (χ4n) is 4.30. The average Bonchev–Trinajstić information content (AvgIpc) is 2.61. The second-order valence-electron chi connectivity index (χ2n) is 7.35. The van der Waals surface area contributed by atoms with Crippen molar-refractivity contribution in [2.45, 2.75) is 50.1 Å². The van der Waals surface area contributed by atoms with Crippen molar-refractivity contribution in [3.8, 4) is 0 Å². The average molecular weight is 359 g/mol. The van der Waals surface area contributed by atoms with Crippen molar-refractivity contribution >= 4 is 20.9 Å². The van der Waals surface area contributed by atoms with E-state index in [1.165, 1.54) is 12.8 Å². The molecule has 2 aliphatic rings. The van der Waals surface area contributed by atoms with Gasteiger partial charge in [-0.3, -0.25) is 9.88 Å². The molecule has 2 fully saturated rings. The monoisotopic (exact) mass is 359 g/mol. The van der Waals surface area contributed by atoms with E-state index in [2.05, 4.69) is 9.88 Å². The first-order valence-electron chi connectivity index (χ1n) is 9.09. The maximum atomic E-state index is 13.5. The molecular weight excluding hydrogens is 334 g/mol. The van der Waals surface area contributed by atoms with Crippen LogP contribution in [0.3, 0.4) is 0 Å². The summed E-state index contributed by atoms with van der Waals surface area (Å²) in [5.41, 5.74) is 1.77. The smallest absolute Gasteiger partial charge is 0.244 e. The highest BCUT2D eigenvalue weighted by Crippen LogP contribution is 2.32. The lowest BCUT2D eigenvalue weighted by Crippen LogP contribution is -2.59. The van der Waals surface area contributed by atoms with E-state index in [9.17, 15) is 8.42 Å². The number of rotatable bonds is 2. The summed E-state index contributed by atoms with van der Waals surface area (Å²) in [6.07, 6.45) is 5.23. The number of hydrogen-bond donors (Lipinski definition) is 0. The van der Waals surface area contributed by atoms with E-state index in [1.807, 2.05) is 32.0 Å². The summed E-state index contributed by atoms with van der Waals surface area (Å²) in [7, 11) is -3.54. The Morgan fingerprint density at radius 1 is 1.16 bits per heavy atom. The van der Waals surface area contributed by atoms with Crippen LogP contribution >= 0.6 is 0 Å². The quantitative estimate of drug-likeness (QED) is 0.827. The highest BCUT2D eigenvalue weighted by Gasteiger charge is 2.39. The number of aromatic nitrogens is 1. The number of benzene rings is 1. The molecule has 0 saturated carbocycles. The normalized spacial score (nSPS) is 25.8. The summed E-state index contributed by atoms with van der Waals surface area (Å²) < 4.78 is 28.7. The van der Waals surface area contributed by atoms with Gasteiger partial charge in [0.25, 0.3) is 0 Å². The fraction of sp³-hybridized carbons (Fsp3) is 0.526. The predicted molar refractivity (Wildman–Crippen MR) is 99.0 cm³/mol. The first kappa shape index (κ1) is 16.9. The molecule has 6 heteroatoms. The maximum Gasteiger partial charge on any atom is 0.244 e. The van der Waals surface area contributed by atoms with E-state index in [0.717, 1.165) is 36.0 Å². The molecule has 0 radical (unpaired) electrons. The maximum absolute atomic E-state index is 13.5. The van der Waals surface area contributed by atoms with Crippen LogP contribution in [0.4, 0.5) is 0 Å². The largest absolute Gasteiger partial charge is 0.297 e. The molecule has 1 aromatic carbocycles. The first-order chi connectivity index (χ1) is 12.0. The van der Waals surface area contributed by atoms with Crippen LogP contribution in [-0.4, -0.2) is 54.3 Å². The van der Waals surface area contributed by atoms with Gasteiger partial charge in [0.2, 0.25) is 10.0 Å². The zero-order chi connectivity index (χ0) is 17.6. The number of fused-ring (bicyclic) bond motifs is 2. The van der Waals surface area contributed by atoms with Gasteiger partial charge in [-0.15, -0.1) is 0 Å². The lowest BCUT2D eigenvalue weighted by atomic mass is 9.99. The molecule has 2 aliphatic heterocycles. The fourth-order valence-corrected chi connectivity index (χ4v) is 6.14. The van der Waals surface area contributed by atoms with Crippen molar-refractivity contribution in [3.05, 3.63) is 36.0 Å². The molecule has 134 valence electrons. The van der Waals surface area contributed by atoms with Crippen LogP contribution in [0.1, 0.15) is 31.7 Å². The number of pyridine rings is 1. The van der Waals surface area contributed by atoms with Gasteiger partial charge in [-0.2, -0.15) is 4.31 Å². The molecule has 2 aromatic rings. The molecule has 2 saturated heterocycles. The van der Waals surface area contributed by atoms with Gasteiger partial charge in [0.1, 0.15) is 0 Å². The zero-order valence-electron chi connectivity index (χ0n) is 14.9. The molecule has 25 heavy (non-hydrogen) atoms. The third kappa shape index (κ3) is 2.86. The van der Waals surface area contributed by atoms with E-state index in [1.54, 1.807) is 16.6 Å². The van der Waals surface area contributed by atoms with Gasteiger partial charge in [-0.05, 0) is 57.0 Å². The van der Waals surface area contributed by atoms with Crippen LogP contribution in [0.15, 0.2) is 35.4 Å². The minimum Gasteiger partial charge on any atom is -0.297 e. The number of nitrogens with zero attached hydrogens (tertiary/aromatic N) is 3. The van der Waals surface area contributed by atoms with Gasteiger partial charge in [-0.25, -0.2) is 8.42 Å². The van der Waals surface area contributed by atoms with Crippen LogP contribution in [0, 0.1) is 6.92 Å². The molecule has 4 rings (SSSR count). The van der Waals surface area contributed by atoms with Crippen LogP contribution in [0.2, 0.25) is 0 Å². The second-order valence-corrected chi connectivity index (χ2v) is 9.21. The summed E-state index contributed by atoms with van der Waals surface area (Å²) in [5.74, 6) is 0. The Labute approximate surface area is 149 Å². The number of hydrogen-bond acceptors (Lipinski definition) is 4. The molecule has 5 nitrogen and oxygen atoms in total. The highest BCUT2D eigenvalue weighted by molar-refractivity contribution is 7.89. The molecule has 3 heterocycles. The molecule has 0 spiro atoms. The van der Waals surface area contributed by atoms with E-state index in [4.69, 9.17) is 0 Å². The van der Waals surface area contributed by atoms with Crippen LogP contribution in [0.5, 0.6) is 0 Å². The minimum atomic E-state index is -3.54. The molecule has 0 amide bonds. The van der Waals surface area contributed by atoms with E-state index >= 15 is 0 Å². The molecule has 1 aromatic heterocycles. The van der Waals surface area contributed by atoms with Gasteiger partial charge in [-0.1, -0.05) is 12.5 Å². The van der Waals surface area contributed by atoms with Crippen molar-refractivity contribution in [1.82, 2.24) is 14.2 Å². The molecule has 0 bridgehead atoms. The molecule has 0 aliphatic carbocycles. The number of piperazine rings is 1. The summed E-state index contributed by atoms with van der Waals surface area (Å²) in [5, 5.41) is 0.723. The number of sulfonamides is 1. The number of aryl methyl sites for hydroxylation is 1. The lowest BCUT2D eigenvalue weighted by Gasteiger charge is -2.46. The van der Waals surface area contributed by atoms with Gasteiger partial charge >= 0.3 is 0 Å². The Kier molecular flexibility index (Phi) is 4.30. The van der Waals surface area contributed by atoms with E-state index < -0.39 is 10.0 Å². The Morgan fingerprint density at radius 3 is 2.84 bits per heavy atom. The topological polar surface area (TPSA) is 53.5 Å². The molecule has 2 atom stereocenters. The van der Waals surface area contributed by atoms with Crippen molar-refractivity contribution in [3.63, 3.8) is 0 Å². The van der Waals surface area contributed by atoms with Gasteiger partial charge in [0, 0.05) is 36.8 Å². The summed E-state index contributed by atoms with van der Waals surface area (Å²) in [6, 6.07) is 7.63. The van der Waals surface area contributed by atoms with E-state index in [-0.39, 0.29) is 6.04 Å². The third-order valence-electron chi connectivity index (χ3n) is 5.65. The Balaban J connectivity index is 1.76. The van der Waals surface area contributed by atoms with Gasteiger partial charge in [0.05, 0.1) is 10.4 Å². The Morgan fingerprint density at radius 2 is 2.00 bits per heavy atom. The molecular formula is C19H25N3O2S. The molecule has 0 N–H and O–H groups in total. The second kappa shape index (κ2) is 6.34. The van der Waals surface area contributed by atoms with Gasteiger partial charge < -0.3 is 0 Å². The molecule has 0 unspecified atom stereocenters. The Bertz CT molecular complexity index is 897. The number of piperidine rings is 1. The standard InChI is InChI=1S/C19H25N3O2S/c1-14-8-9-18(17-7-5-10-20-19(14)17)25(23,24)22-13-16-6-3-4-11-21(16)12-15(22)2/h5,7-10,15-16H,3-4,6,11-13H2,1-2H3/t15-,16+/m1/s1. The zero-order valence-corrected chi connectivity index (χ0v) is 15.7. The SMILES string of the molecule is Cc1ccc(S(=O)(=O)N2C[C@@H]3CCCCN3C[C@H]2C)c2cccnc12. The third-order valence-corrected chi connectivity index (χ3v) is 7.69. The van der Waals surface area contributed by atoms with Crippen molar-refractivity contribution in [2.75, 3.05) is 19.6 Å². The van der Waals surface area contributed by atoms with Crippen LogP contribution in [0.25, 0.3) is 10.9 Å². The lowest BCUT2D eigenvalue weighted by molar-refractivity contribution is 0.0565. The van der Waals surface area contributed by atoms with Crippen molar-refractivity contribution < 1.29 is 8.42 Å². The van der Waals surface area contributed by atoms with Crippen molar-refractivity contribution in [2.24, 2.45) is 0 Å². The van der Waals surface area contributed by atoms with Crippen LogP contribution < -0.4 is 0 Å². The van der Waals surface area contributed by atoms with E-state index in [0.29, 0.717) is 17.5 Å². The summed E-state index contributed by atoms with van der Waals surface area (Å²) in [4.78, 5) is 7.25. The first-order valence-corrected chi connectivity index (χ1v) is 10.5. The van der Waals surface area contributed by atoms with Gasteiger partial charge in [0.15, 0.2) is 0 Å². The minimum absolute atomic E-state index is 0.00706. The van der Waals surface area contributed by atoms with Crippen LogP contribution in [-0.2, 0) is 10.0 Å².